The van der Waals surface area contributed by atoms with Crippen LogP contribution in [0.3, 0.4) is 0 Å². The van der Waals surface area contributed by atoms with E-state index in [-0.39, 0.29) is 5.38 Å². The molecule has 1 saturated carbocycles. The Balaban J connectivity index is 1.55. The van der Waals surface area contributed by atoms with Crippen LogP contribution in [0.25, 0.3) is 0 Å². The third-order valence-corrected chi connectivity index (χ3v) is 7.34. The van der Waals surface area contributed by atoms with Gasteiger partial charge in [0.15, 0.2) is 0 Å². The lowest BCUT2D eigenvalue weighted by Crippen LogP contribution is -2.23. The van der Waals surface area contributed by atoms with E-state index in [4.69, 9.17) is 21.1 Å². The Bertz CT molecular complexity index is 690. The first-order chi connectivity index (χ1) is 13.1. The van der Waals surface area contributed by atoms with Crippen molar-refractivity contribution in [2.75, 3.05) is 13.7 Å². The average molecular weight is 407 g/mol. The molecule has 1 aliphatic carbocycles. The Morgan fingerprint density at radius 1 is 1.19 bits per heavy atom. The van der Waals surface area contributed by atoms with Gasteiger partial charge in [-0.2, -0.15) is 0 Å². The van der Waals surface area contributed by atoms with Gasteiger partial charge in [0.1, 0.15) is 5.75 Å². The molecule has 0 amide bonds. The van der Waals surface area contributed by atoms with E-state index >= 15 is 0 Å². The third-order valence-electron chi connectivity index (χ3n) is 5.86. The molecule has 3 atom stereocenters. The lowest BCUT2D eigenvalue weighted by Gasteiger charge is -2.23. The smallest absolute Gasteiger partial charge is 0.119 e. The predicted octanol–water partition coefficient (Wildman–Crippen LogP) is 6.55. The minimum Gasteiger partial charge on any atom is -0.493 e. The second kappa shape index (κ2) is 9.95. The Labute approximate surface area is 172 Å². The third kappa shape index (κ3) is 5.49. The summed E-state index contributed by atoms with van der Waals surface area (Å²) in [7, 11) is 1.74. The van der Waals surface area contributed by atoms with Crippen LogP contribution in [0.15, 0.2) is 29.6 Å². The van der Waals surface area contributed by atoms with Gasteiger partial charge in [0.25, 0.3) is 0 Å². The second-order valence-electron chi connectivity index (χ2n) is 7.77. The van der Waals surface area contributed by atoms with Gasteiger partial charge in [0.05, 0.1) is 13.2 Å². The van der Waals surface area contributed by atoms with Crippen LogP contribution in [0.4, 0.5) is 0 Å². The van der Waals surface area contributed by atoms with Crippen LogP contribution in [0.2, 0.25) is 0 Å². The summed E-state index contributed by atoms with van der Waals surface area (Å²) >= 11 is 8.51. The molecule has 0 radical (unpaired) electrons. The number of benzene rings is 1. The number of halogens is 1. The van der Waals surface area contributed by atoms with Gasteiger partial charge in [-0.05, 0) is 92.1 Å². The van der Waals surface area contributed by atoms with Crippen molar-refractivity contribution in [2.45, 2.75) is 57.9 Å². The van der Waals surface area contributed by atoms with Gasteiger partial charge in [-0.1, -0.05) is 6.07 Å². The van der Waals surface area contributed by atoms with Gasteiger partial charge >= 0.3 is 0 Å². The van der Waals surface area contributed by atoms with Gasteiger partial charge in [-0.15, -0.1) is 22.9 Å². The topological polar surface area (TPSA) is 18.5 Å². The van der Waals surface area contributed by atoms with E-state index < -0.39 is 0 Å². The van der Waals surface area contributed by atoms with Crippen LogP contribution < -0.4 is 4.74 Å². The van der Waals surface area contributed by atoms with E-state index in [1.807, 2.05) is 11.3 Å². The standard InChI is InChI=1S/C23H31ClO2S/c1-16-12-19(13-17(2)21(16)14-25-3)26-15-22-18(9-10-23(22)24)6-4-7-20-8-5-11-27-20/h5,8,11-13,18,22-23H,4,6-7,9-10,14-15H2,1-3H3/t18-,22+,23?/m0/s1. The van der Waals surface area contributed by atoms with Crippen molar-refractivity contribution in [3.8, 4) is 5.75 Å². The molecule has 1 fully saturated rings. The van der Waals surface area contributed by atoms with Crippen molar-refractivity contribution in [2.24, 2.45) is 11.8 Å². The summed E-state index contributed by atoms with van der Waals surface area (Å²) in [6.07, 6.45) is 6.03. The zero-order chi connectivity index (χ0) is 19.2. The molecule has 27 heavy (non-hydrogen) atoms. The first-order valence-corrected chi connectivity index (χ1v) is 11.3. The minimum atomic E-state index is 0.242. The molecule has 1 aromatic carbocycles. The van der Waals surface area contributed by atoms with E-state index in [9.17, 15) is 0 Å². The molecule has 2 nitrogen and oxygen atoms in total. The van der Waals surface area contributed by atoms with E-state index in [1.54, 1.807) is 7.11 Å². The molecule has 4 heteroatoms. The number of hydrogen-bond donors (Lipinski definition) is 0. The highest BCUT2D eigenvalue weighted by Crippen LogP contribution is 2.39. The summed E-state index contributed by atoms with van der Waals surface area (Å²) in [5.41, 5.74) is 3.72. The van der Waals surface area contributed by atoms with Crippen LogP contribution in [0.5, 0.6) is 5.75 Å². The van der Waals surface area contributed by atoms with Gasteiger partial charge in [0, 0.05) is 23.3 Å². The largest absolute Gasteiger partial charge is 0.493 e. The van der Waals surface area contributed by atoms with Crippen LogP contribution in [0, 0.1) is 25.7 Å². The molecular formula is C23H31ClO2S. The van der Waals surface area contributed by atoms with E-state index in [0.717, 1.165) is 18.8 Å². The Morgan fingerprint density at radius 3 is 2.63 bits per heavy atom. The van der Waals surface area contributed by atoms with Crippen molar-refractivity contribution in [1.29, 1.82) is 0 Å². The number of alkyl halides is 1. The summed E-state index contributed by atoms with van der Waals surface area (Å²) in [5, 5.41) is 2.41. The summed E-state index contributed by atoms with van der Waals surface area (Å²) < 4.78 is 11.5. The van der Waals surface area contributed by atoms with Gasteiger partial charge < -0.3 is 9.47 Å². The van der Waals surface area contributed by atoms with Crippen LogP contribution in [-0.4, -0.2) is 19.1 Å². The molecule has 3 rings (SSSR count). The quantitative estimate of drug-likeness (QED) is 0.439. The Kier molecular flexibility index (Phi) is 7.63. The van der Waals surface area contributed by atoms with Crippen molar-refractivity contribution < 1.29 is 9.47 Å². The normalized spacial score (nSPS) is 22.3. The average Bonchev–Trinajstić information content (AvgIpc) is 3.27. The van der Waals surface area contributed by atoms with Gasteiger partial charge in [-0.25, -0.2) is 0 Å². The van der Waals surface area contributed by atoms with Crippen molar-refractivity contribution >= 4 is 22.9 Å². The highest BCUT2D eigenvalue weighted by molar-refractivity contribution is 7.09. The Hall–Kier alpha value is -1.03. The highest BCUT2D eigenvalue weighted by Gasteiger charge is 2.35. The molecule has 1 unspecified atom stereocenters. The number of methoxy groups -OCH3 is 1. The first-order valence-electron chi connectivity index (χ1n) is 9.96. The second-order valence-corrected chi connectivity index (χ2v) is 9.36. The van der Waals surface area contributed by atoms with E-state index in [1.165, 1.54) is 47.3 Å². The first kappa shape index (κ1) is 20.7. The van der Waals surface area contributed by atoms with Gasteiger partial charge in [0.2, 0.25) is 0 Å². The molecule has 0 bridgehead atoms. The highest BCUT2D eigenvalue weighted by atomic mass is 35.5. The van der Waals surface area contributed by atoms with Crippen molar-refractivity contribution in [3.63, 3.8) is 0 Å². The molecule has 0 N–H and O–H groups in total. The molecule has 1 aliphatic rings. The van der Waals surface area contributed by atoms with Crippen LogP contribution in [0.1, 0.15) is 47.3 Å². The fourth-order valence-electron chi connectivity index (χ4n) is 4.29. The monoisotopic (exact) mass is 406 g/mol. The summed E-state index contributed by atoms with van der Waals surface area (Å²) in [6, 6.07) is 8.64. The minimum absolute atomic E-state index is 0.242. The molecule has 2 aromatic rings. The van der Waals surface area contributed by atoms with Gasteiger partial charge in [-0.3, -0.25) is 0 Å². The number of thiophene rings is 1. The van der Waals surface area contributed by atoms with Crippen molar-refractivity contribution in [1.82, 2.24) is 0 Å². The number of aryl methyl sites for hydroxylation is 3. The maximum Gasteiger partial charge on any atom is 0.119 e. The number of hydrogen-bond acceptors (Lipinski definition) is 3. The van der Waals surface area contributed by atoms with E-state index in [2.05, 4.69) is 43.5 Å². The maximum atomic E-state index is 6.65. The predicted molar refractivity (Wildman–Crippen MR) is 115 cm³/mol. The maximum absolute atomic E-state index is 6.65. The molecular weight excluding hydrogens is 376 g/mol. The fraction of sp³-hybridized carbons (Fsp3) is 0.565. The number of rotatable bonds is 9. The molecule has 148 valence electrons. The van der Waals surface area contributed by atoms with Crippen molar-refractivity contribution in [3.05, 3.63) is 51.2 Å². The molecule has 0 aliphatic heterocycles. The molecule has 1 heterocycles. The van der Waals surface area contributed by atoms with Crippen LogP contribution >= 0.6 is 22.9 Å². The van der Waals surface area contributed by atoms with E-state index in [0.29, 0.717) is 18.4 Å². The summed E-state index contributed by atoms with van der Waals surface area (Å²) in [4.78, 5) is 1.49. The lowest BCUT2D eigenvalue weighted by molar-refractivity contribution is 0.183. The molecule has 0 saturated heterocycles. The lowest BCUT2D eigenvalue weighted by atomic mass is 9.91. The van der Waals surface area contributed by atoms with Crippen LogP contribution in [-0.2, 0) is 17.8 Å². The fourth-order valence-corrected chi connectivity index (χ4v) is 5.45. The zero-order valence-electron chi connectivity index (χ0n) is 16.7. The Morgan fingerprint density at radius 2 is 1.96 bits per heavy atom. The molecule has 0 spiro atoms. The SMILES string of the molecule is COCc1c(C)cc(OC[C@H]2C(Cl)CC[C@@H]2CCCc2cccs2)cc1C. The number of ether oxygens (including phenoxy) is 2. The molecule has 1 aromatic heterocycles. The zero-order valence-corrected chi connectivity index (χ0v) is 18.2. The summed E-state index contributed by atoms with van der Waals surface area (Å²) in [5.74, 6) is 2.09. The summed E-state index contributed by atoms with van der Waals surface area (Å²) in [6.45, 7) is 5.63.